The van der Waals surface area contributed by atoms with Gasteiger partial charge in [-0.25, -0.2) is 0 Å². The summed E-state index contributed by atoms with van der Waals surface area (Å²) in [6.07, 6.45) is 8.11. The number of fused-ring (bicyclic) bond motifs is 3. The van der Waals surface area contributed by atoms with Gasteiger partial charge in [0.25, 0.3) is 0 Å². The van der Waals surface area contributed by atoms with E-state index in [0.29, 0.717) is 0 Å². The third kappa shape index (κ3) is 4.38. The lowest BCUT2D eigenvalue weighted by atomic mass is 9.57. The Kier molecular flexibility index (Phi) is 6.53. The fourth-order valence-corrected chi connectivity index (χ4v) is 12.7. The molecular weight excluding hydrogens is 611 g/mol. The number of rotatable bonds is 4. The molecule has 1 nitrogen and oxygen atoms in total. The van der Waals surface area contributed by atoms with Crippen LogP contribution in [0.4, 0.5) is 17.1 Å². The van der Waals surface area contributed by atoms with Crippen molar-refractivity contribution in [3.05, 3.63) is 138 Å². The minimum Gasteiger partial charge on any atom is -0.310 e. The van der Waals surface area contributed by atoms with E-state index in [9.17, 15) is 0 Å². The van der Waals surface area contributed by atoms with Crippen LogP contribution in [0, 0.1) is 23.7 Å². The molecule has 5 aromatic rings. The topological polar surface area (TPSA) is 3.24 Å². The number of anilines is 3. The monoisotopic (exact) mass is 657 g/mol. The highest BCUT2D eigenvalue weighted by atomic mass is 32.2. The molecule has 5 atom stereocenters. The molecule has 0 aromatic heterocycles. The van der Waals surface area contributed by atoms with Gasteiger partial charge in [-0.3, -0.25) is 0 Å². The highest BCUT2D eigenvalue weighted by molar-refractivity contribution is 7.99. The van der Waals surface area contributed by atoms with E-state index in [1.54, 1.807) is 11.1 Å². The lowest BCUT2D eigenvalue weighted by Gasteiger charge is -2.49. The summed E-state index contributed by atoms with van der Waals surface area (Å²) in [5.41, 5.74) is 13.0. The van der Waals surface area contributed by atoms with E-state index in [1.807, 2.05) is 11.8 Å². The SMILES string of the molecule is CC1(C)CCC(C)(C)c2cc(N(c3ccc(-c4ccccc4)cc3)c3ccc4c(c3)C3(c5ccccc5S4)C4CC5CC(C4)C3C5)ccc21. The molecular formula is C47H47NS. The quantitative estimate of drug-likeness (QED) is 0.189. The summed E-state index contributed by atoms with van der Waals surface area (Å²) >= 11 is 2.01. The summed E-state index contributed by atoms with van der Waals surface area (Å²) in [7, 11) is 0. The zero-order valence-corrected chi connectivity index (χ0v) is 30.2. The van der Waals surface area contributed by atoms with Crippen molar-refractivity contribution in [2.75, 3.05) is 4.90 Å². The molecule has 4 fully saturated rings. The summed E-state index contributed by atoms with van der Waals surface area (Å²) in [4.78, 5) is 5.54. The summed E-state index contributed by atoms with van der Waals surface area (Å²) in [5.74, 6) is 3.33. The highest BCUT2D eigenvalue weighted by Crippen LogP contribution is 2.72. The summed E-state index contributed by atoms with van der Waals surface area (Å²) in [6.45, 7) is 9.76. The van der Waals surface area contributed by atoms with Gasteiger partial charge < -0.3 is 4.90 Å². The molecule has 5 unspecified atom stereocenters. The third-order valence-corrected chi connectivity index (χ3v) is 14.9. The Morgan fingerprint density at radius 3 is 1.94 bits per heavy atom. The van der Waals surface area contributed by atoms with Crippen LogP contribution >= 0.6 is 11.8 Å². The van der Waals surface area contributed by atoms with Crippen LogP contribution in [0.15, 0.2) is 125 Å². The average Bonchev–Trinajstić information content (AvgIpc) is 3.53. The van der Waals surface area contributed by atoms with Gasteiger partial charge in [0.1, 0.15) is 0 Å². The molecule has 1 spiro atoms. The van der Waals surface area contributed by atoms with E-state index in [0.717, 1.165) is 23.7 Å². The summed E-state index contributed by atoms with van der Waals surface area (Å²) < 4.78 is 0. The van der Waals surface area contributed by atoms with Crippen molar-refractivity contribution in [3.8, 4) is 11.1 Å². The minimum atomic E-state index is 0.134. The van der Waals surface area contributed by atoms with E-state index >= 15 is 0 Å². The Morgan fingerprint density at radius 1 is 0.531 bits per heavy atom. The summed E-state index contributed by atoms with van der Waals surface area (Å²) in [6, 6.07) is 44.5. The highest BCUT2D eigenvalue weighted by Gasteiger charge is 2.65. The molecule has 5 aliphatic carbocycles. The molecule has 1 aliphatic heterocycles. The lowest BCUT2D eigenvalue weighted by Crippen LogP contribution is -2.44. The number of hydrogen-bond donors (Lipinski definition) is 0. The van der Waals surface area contributed by atoms with Gasteiger partial charge in [-0.15, -0.1) is 0 Å². The largest absolute Gasteiger partial charge is 0.310 e. The Bertz CT molecular complexity index is 2090. The van der Waals surface area contributed by atoms with Crippen LogP contribution in [-0.4, -0.2) is 0 Å². The zero-order valence-electron chi connectivity index (χ0n) is 29.4. The second-order valence-electron chi connectivity index (χ2n) is 17.3. The molecule has 0 saturated heterocycles. The van der Waals surface area contributed by atoms with Crippen molar-refractivity contribution < 1.29 is 0 Å². The molecule has 0 amide bonds. The Labute approximate surface area is 297 Å². The Morgan fingerprint density at radius 2 is 1.16 bits per heavy atom. The fraction of sp³-hybridized carbons (Fsp3) is 0.362. The van der Waals surface area contributed by atoms with E-state index in [1.165, 1.54) is 87.6 Å². The molecule has 11 rings (SSSR count). The van der Waals surface area contributed by atoms with Crippen LogP contribution in [-0.2, 0) is 16.2 Å². The molecule has 0 N–H and O–H groups in total. The van der Waals surface area contributed by atoms with Crippen LogP contribution in [0.25, 0.3) is 11.1 Å². The lowest BCUT2D eigenvalue weighted by molar-refractivity contribution is 0.181. The van der Waals surface area contributed by atoms with Gasteiger partial charge in [0.15, 0.2) is 0 Å². The molecule has 6 aliphatic rings. The molecule has 4 saturated carbocycles. The molecule has 4 bridgehead atoms. The van der Waals surface area contributed by atoms with Gasteiger partial charge in [-0.1, -0.05) is 106 Å². The second-order valence-corrected chi connectivity index (χ2v) is 18.3. The molecule has 0 radical (unpaired) electrons. The van der Waals surface area contributed by atoms with E-state index in [2.05, 4.69) is 148 Å². The van der Waals surface area contributed by atoms with E-state index in [-0.39, 0.29) is 16.2 Å². The van der Waals surface area contributed by atoms with Gasteiger partial charge in [0, 0.05) is 32.3 Å². The van der Waals surface area contributed by atoms with Crippen LogP contribution < -0.4 is 4.90 Å². The normalized spacial score (nSPS) is 27.8. The molecule has 246 valence electrons. The van der Waals surface area contributed by atoms with E-state index in [4.69, 9.17) is 0 Å². The van der Waals surface area contributed by atoms with Crippen molar-refractivity contribution in [3.63, 3.8) is 0 Å². The van der Waals surface area contributed by atoms with Crippen molar-refractivity contribution in [2.24, 2.45) is 23.7 Å². The van der Waals surface area contributed by atoms with Gasteiger partial charge >= 0.3 is 0 Å². The first-order chi connectivity index (χ1) is 23.7. The van der Waals surface area contributed by atoms with Crippen molar-refractivity contribution in [1.82, 2.24) is 0 Å². The van der Waals surface area contributed by atoms with Crippen molar-refractivity contribution >= 4 is 28.8 Å². The van der Waals surface area contributed by atoms with E-state index < -0.39 is 0 Å². The minimum absolute atomic E-state index is 0.134. The second kappa shape index (κ2) is 10.6. The Balaban J connectivity index is 1.17. The average molecular weight is 658 g/mol. The first-order valence-corrected chi connectivity index (χ1v) is 19.6. The van der Waals surface area contributed by atoms with Gasteiger partial charge in [-0.05, 0) is 155 Å². The Hall–Kier alpha value is -3.75. The maximum atomic E-state index is 2.64. The zero-order chi connectivity index (χ0) is 33.1. The van der Waals surface area contributed by atoms with Crippen molar-refractivity contribution in [2.45, 2.75) is 92.3 Å². The number of hydrogen-bond acceptors (Lipinski definition) is 2. The predicted octanol–water partition coefficient (Wildman–Crippen LogP) is 13.0. The summed E-state index contributed by atoms with van der Waals surface area (Å²) in [5, 5.41) is 0. The molecule has 5 aromatic carbocycles. The van der Waals surface area contributed by atoms with Gasteiger partial charge in [0.2, 0.25) is 0 Å². The maximum absolute atomic E-state index is 2.64. The smallest absolute Gasteiger partial charge is 0.0465 e. The van der Waals surface area contributed by atoms with Gasteiger partial charge in [-0.2, -0.15) is 0 Å². The van der Waals surface area contributed by atoms with Crippen LogP contribution in [0.2, 0.25) is 0 Å². The number of benzene rings is 5. The van der Waals surface area contributed by atoms with Crippen molar-refractivity contribution in [1.29, 1.82) is 0 Å². The third-order valence-electron chi connectivity index (χ3n) is 13.8. The van der Waals surface area contributed by atoms with Gasteiger partial charge in [0.05, 0.1) is 0 Å². The number of nitrogens with zero attached hydrogens (tertiary/aromatic N) is 1. The predicted molar refractivity (Wildman–Crippen MR) is 206 cm³/mol. The maximum Gasteiger partial charge on any atom is 0.0465 e. The first-order valence-electron chi connectivity index (χ1n) is 18.7. The van der Waals surface area contributed by atoms with Crippen LogP contribution in [0.3, 0.4) is 0 Å². The van der Waals surface area contributed by atoms with Crippen LogP contribution in [0.5, 0.6) is 0 Å². The first kappa shape index (κ1) is 30.1. The molecule has 1 heterocycles. The standard InChI is InChI=1S/C47H47NS/c1-45(2)22-23-46(3,4)41-28-36(18-20-38(41)45)48(35-16-14-32(15-17-35)31-10-6-5-7-11-31)37-19-21-44-42(29-37)47(39-12-8-9-13-43(39)49-44)34-25-30-24-33(27-34)40(47)26-30/h5-21,28-30,33-34,40H,22-27H2,1-4H3. The molecule has 49 heavy (non-hydrogen) atoms. The fourth-order valence-electron chi connectivity index (χ4n) is 11.5. The van der Waals surface area contributed by atoms with Crippen LogP contribution in [0.1, 0.15) is 88.5 Å². The molecule has 2 heteroatoms.